The Balaban J connectivity index is 1.99. The maximum atomic E-state index is 9.04. The van der Waals surface area contributed by atoms with Crippen molar-refractivity contribution in [2.24, 2.45) is 0 Å². The maximum absolute atomic E-state index is 9.04. The van der Waals surface area contributed by atoms with E-state index in [1.807, 2.05) is 62.4 Å². The van der Waals surface area contributed by atoms with Crippen LogP contribution in [0.5, 0.6) is 5.75 Å². The molecule has 0 spiro atoms. The molecular weight excluding hydrogens is 248 g/mol. The number of hydrogen-bond acceptors (Lipinski definition) is 3. The molecule has 0 amide bonds. The third-order valence-electron chi connectivity index (χ3n) is 2.85. The molecule has 0 aliphatic heterocycles. The summed E-state index contributed by atoms with van der Waals surface area (Å²) in [6.07, 6.45) is 0.177. The van der Waals surface area contributed by atoms with Gasteiger partial charge < -0.3 is 10.1 Å². The summed E-state index contributed by atoms with van der Waals surface area (Å²) in [5.74, 6) is 0.864. The Kier molecular flexibility index (Phi) is 4.62. The van der Waals surface area contributed by atoms with Crippen molar-refractivity contribution in [3.63, 3.8) is 0 Å². The lowest BCUT2D eigenvalue weighted by Gasteiger charge is -2.11. The molecule has 0 saturated carbocycles. The molecule has 102 valence electrons. The SMILES string of the molecule is CC(C)Oc1ccc(NCc2ccccc2C#N)cc1. The van der Waals surface area contributed by atoms with E-state index in [2.05, 4.69) is 11.4 Å². The van der Waals surface area contributed by atoms with E-state index in [0.717, 1.165) is 17.0 Å². The fourth-order valence-electron chi connectivity index (χ4n) is 1.90. The summed E-state index contributed by atoms with van der Waals surface area (Å²) in [5, 5.41) is 12.4. The molecule has 0 heterocycles. The summed E-state index contributed by atoms with van der Waals surface area (Å²) >= 11 is 0. The van der Waals surface area contributed by atoms with Gasteiger partial charge in [0.25, 0.3) is 0 Å². The number of rotatable bonds is 5. The smallest absolute Gasteiger partial charge is 0.119 e. The van der Waals surface area contributed by atoms with Crippen molar-refractivity contribution in [3.8, 4) is 11.8 Å². The maximum Gasteiger partial charge on any atom is 0.119 e. The van der Waals surface area contributed by atoms with Gasteiger partial charge in [-0.1, -0.05) is 18.2 Å². The van der Waals surface area contributed by atoms with Crippen LogP contribution in [-0.2, 0) is 6.54 Å². The van der Waals surface area contributed by atoms with E-state index >= 15 is 0 Å². The first-order valence-electron chi connectivity index (χ1n) is 6.67. The molecule has 0 unspecified atom stereocenters. The molecule has 0 bridgehead atoms. The Morgan fingerprint density at radius 2 is 1.80 bits per heavy atom. The predicted octanol–water partition coefficient (Wildman–Crippen LogP) is 3.96. The van der Waals surface area contributed by atoms with Crippen molar-refractivity contribution in [1.82, 2.24) is 0 Å². The monoisotopic (exact) mass is 266 g/mol. The van der Waals surface area contributed by atoms with E-state index in [1.54, 1.807) is 0 Å². The number of benzene rings is 2. The first-order chi connectivity index (χ1) is 9.69. The number of ether oxygens (including phenoxy) is 1. The zero-order chi connectivity index (χ0) is 14.4. The van der Waals surface area contributed by atoms with Crippen LogP contribution in [-0.4, -0.2) is 6.10 Å². The molecule has 0 saturated heterocycles. The van der Waals surface area contributed by atoms with E-state index in [9.17, 15) is 0 Å². The van der Waals surface area contributed by atoms with Crippen LogP contribution in [0.1, 0.15) is 25.0 Å². The summed E-state index contributed by atoms with van der Waals surface area (Å²) in [4.78, 5) is 0. The van der Waals surface area contributed by atoms with Crippen molar-refractivity contribution in [1.29, 1.82) is 5.26 Å². The van der Waals surface area contributed by atoms with Gasteiger partial charge in [-0.25, -0.2) is 0 Å². The number of nitrogens with one attached hydrogen (secondary N) is 1. The topological polar surface area (TPSA) is 45.0 Å². The van der Waals surface area contributed by atoms with Gasteiger partial charge in [-0.15, -0.1) is 0 Å². The van der Waals surface area contributed by atoms with Gasteiger partial charge in [0.1, 0.15) is 5.75 Å². The lowest BCUT2D eigenvalue weighted by Crippen LogP contribution is -2.05. The third-order valence-corrected chi connectivity index (χ3v) is 2.85. The van der Waals surface area contributed by atoms with E-state index in [-0.39, 0.29) is 6.10 Å². The lowest BCUT2D eigenvalue weighted by molar-refractivity contribution is 0.242. The van der Waals surface area contributed by atoms with Crippen molar-refractivity contribution in [3.05, 3.63) is 59.7 Å². The predicted molar refractivity (Wildman–Crippen MR) is 80.7 cm³/mol. The van der Waals surface area contributed by atoms with E-state index in [4.69, 9.17) is 10.00 Å². The second-order valence-electron chi connectivity index (χ2n) is 4.81. The van der Waals surface area contributed by atoms with Crippen LogP contribution in [0.15, 0.2) is 48.5 Å². The first-order valence-corrected chi connectivity index (χ1v) is 6.67. The van der Waals surface area contributed by atoms with E-state index in [0.29, 0.717) is 12.1 Å². The minimum atomic E-state index is 0.177. The summed E-state index contributed by atoms with van der Waals surface area (Å²) in [6.45, 7) is 4.64. The Labute approximate surface area is 119 Å². The van der Waals surface area contributed by atoms with Crippen LogP contribution in [0, 0.1) is 11.3 Å². The molecule has 0 aromatic heterocycles. The molecule has 0 aliphatic carbocycles. The summed E-state index contributed by atoms with van der Waals surface area (Å²) in [7, 11) is 0. The molecule has 0 atom stereocenters. The highest BCUT2D eigenvalue weighted by atomic mass is 16.5. The first kappa shape index (κ1) is 14.0. The molecule has 2 rings (SSSR count). The van der Waals surface area contributed by atoms with Gasteiger partial charge in [-0.2, -0.15) is 5.26 Å². The Morgan fingerprint density at radius 1 is 1.10 bits per heavy atom. The van der Waals surface area contributed by atoms with Crippen LogP contribution in [0.3, 0.4) is 0 Å². The second-order valence-corrected chi connectivity index (χ2v) is 4.81. The molecule has 20 heavy (non-hydrogen) atoms. The molecule has 2 aromatic carbocycles. The van der Waals surface area contributed by atoms with Gasteiger partial charge >= 0.3 is 0 Å². The molecule has 0 radical (unpaired) electrons. The van der Waals surface area contributed by atoms with Gasteiger partial charge in [-0.3, -0.25) is 0 Å². The number of hydrogen-bond donors (Lipinski definition) is 1. The Hall–Kier alpha value is -2.47. The highest BCUT2D eigenvalue weighted by Gasteiger charge is 2.01. The van der Waals surface area contributed by atoms with Crippen LogP contribution in [0.2, 0.25) is 0 Å². The molecule has 1 N–H and O–H groups in total. The lowest BCUT2D eigenvalue weighted by atomic mass is 10.1. The molecule has 0 fully saturated rings. The quantitative estimate of drug-likeness (QED) is 0.891. The summed E-state index contributed by atoms with van der Waals surface area (Å²) in [6, 6.07) is 17.7. The van der Waals surface area contributed by atoms with Crippen molar-refractivity contribution >= 4 is 5.69 Å². The minimum Gasteiger partial charge on any atom is -0.491 e. The second kappa shape index (κ2) is 6.63. The Bertz CT molecular complexity index is 597. The normalized spacial score (nSPS) is 10.1. The van der Waals surface area contributed by atoms with Gasteiger partial charge in [0.05, 0.1) is 17.7 Å². The highest BCUT2D eigenvalue weighted by Crippen LogP contribution is 2.18. The van der Waals surface area contributed by atoms with Crippen LogP contribution in [0.25, 0.3) is 0 Å². The fourth-order valence-corrected chi connectivity index (χ4v) is 1.90. The molecule has 2 aromatic rings. The van der Waals surface area contributed by atoms with E-state index in [1.165, 1.54) is 0 Å². The fraction of sp³-hybridized carbons (Fsp3) is 0.235. The summed E-state index contributed by atoms with van der Waals surface area (Å²) < 4.78 is 5.60. The van der Waals surface area contributed by atoms with Gasteiger partial charge in [0, 0.05) is 12.2 Å². The standard InChI is InChI=1S/C17H18N2O/c1-13(2)20-17-9-7-16(8-10-17)19-12-15-6-4-3-5-14(15)11-18/h3-10,13,19H,12H2,1-2H3. The van der Waals surface area contributed by atoms with Crippen molar-refractivity contribution < 1.29 is 4.74 Å². The molecule has 3 nitrogen and oxygen atoms in total. The van der Waals surface area contributed by atoms with Crippen LogP contribution >= 0.6 is 0 Å². The minimum absolute atomic E-state index is 0.177. The largest absolute Gasteiger partial charge is 0.491 e. The summed E-state index contributed by atoms with van der Waals surface area (Å²) in [5.41, 5.74) is 2.71. The highest BCUT2D eigenvalue weighted by molar-refractivity contribution is 5.48. The molecule has 3 heteroatoms. The zero-order valence-electron chi connectivity index (χ0n) is 11.8. The van der Waals surface area contributed by atoms with Crippen LogP contribution in [0.4, 0.5) is 5.69 Å². The third kappa shape index (κ3) is 3.76. The average Bonchev–Trinajstić information content (AvgIpc) is 2.46. The van der Waals surface area contributed by atoms with E-state index < -0.39 is 0 Å². The van der Waals surface area contributed by atoms with Crippen molar-refractivity contribution in [2.45, 2.75) is 26.5 Å². The van der Waals surface area contributed by atoms with Crippen LogP contribution < -0.4 is 10.1 Å². The van der Waals surface area contributed by atoms with Crippen molar-refractivity contribution in [2.75, 3.05) is 5.32 Å². The van der Waals surface area contributed by atoms with Gasteiger partial charge in [-0.05, 0) is 49.7 Å². The molecular formula is C17H18N2O. The molecule has 0 aliphatic rings. The zero-order valence-corrected chi connectivity index (χ0v) is 11.8. The van der Waals surface area contributed by atoms with Gasteiger partial charge in [0.2, 0.25) is 0 Å². The average molecular weight is 266 g/mol. The number of nitrogens with zero attached hydrogens (tertiary/aromatic N) is 1. The van der Waals surface area contributed by atoms with Gasteiger partial charge in [0.15, 0.2) is 0 Å². The number of nitriles is 1. The Morgan fingerprint density at radius 3 is 2.45 bits per heavy atom. The number of anilines is 1.